The predicted octanol–water partition coefficient (Wildman–Crippen LogP) is 3.33. The molecule has 0 bridgehead atoms. The van der Waals surface area contributed by atoms with E-state index in [4.69, 9.17) is 0 Å². The van der Waals surface area contributed by atoms with Gasteiger partial charge in [0, 0.05) is 24.5 Å². The van der Waals surface area contributed by atoms with E-state index in [0.29, 0.717) is 24.7 Å². The minimum absolute atomic E-state index is 0.251. The quantitative estimate of drug-likeness (QED) is 0.837. The van der Waals surface area contributed by atoms with E-state index in [1.807, 2.05) is 31.6 Å². The van der Waals surface area contributed by atoms with Crippen molar-refractivity contribution in [2.45, 2.75) is 71.8 Å². The molecule has 1 saturated carbocycles. The van der Waals surface area contributed by atoms with Crippen LogP contribution in [0.1, 0.15) is 71.0 Å². The highest BCUT2D eigenvalue weighted by molar-refractivity contribution is 5.83. The minimum atomic E-state index is -0.251. The Morgan fingerprint density at radius 3 is 2.63 bits per heavy atom. The number of hydrogen-bond acceptors (Lipinski definition) is 3. The van der Waals surface area contributed by atoms with E-state index in [0.717, 1.165) is 5.69 Å². The van der Waals surface area contributed by atoms with Crippen LogP contribution in [-0.4, -0.2) is 20.8 Å². The van der Waals surface area contributed by atoms with Gasteiger partial charge in [0.15, 0.2) is 0 Å². The van der Waals surface area contributed by atoms with Gasteiger partial charge < -0.3 is 0 Å². The van der Waals surface area contributed by atoms with Crippen molar-refractivity contribution in [1.29, 1.82) is 0 Å². The van der Waals surface area contributed by atoms with Crippen molar-refractivity contribution in [1.82, 2.24) is 15.0 Å². The van der Waals surface area contributed by atoms with E-state index in [9.17, 15) is 4.79 Å². The summed E-state index contributed by atoms with van der Waals surface area (Å²) >= 11 is 0. The topological polar surface area (TPSA) is 47.8 Å². The normalized spacial score (nSPS) is 17.6. The fraction of sp³-hybridized carbons (Fsp3) is 0.800. The SMILES string of the molecule is CC(C)(C)C(=O)CCc1cn(C2CCCCC2)nn1. The van der Waals surface area contributed by atoms with Gasteiger partial charge in [-0.25, -0.2) is 4.68 Å². The summed E-state index contributed by atoms with van der Waals surface area (Å²) in [6.07, 6.45) is 9.66. The summed E-state index contributed by atoms with van der Waals surface area (Å²) in [6.45, 7) is 5.90. The highest BCUT2D eigenvalue weighted by Crippen LogP contribution is 2.27. The standard InChI is InChI=1S/C15H25N3O/c1-15(2,3)14(19)10-9-12-11-18(17-16-12)13-7-5-4-6-8-13/h11,13H,4-10H2,1-3H3. The molecule has 106 valence electrons. The zero-order chi connectivity index (χ0) is 13.9. The lowest BCUT2D eigenvalue weighted by molar-refractivity contribution is -0.126. The Bertz CT molecular complexity index is 425. The van der Waals surface area contributed by atoms with Crippen LogP contribution >= 0.6 is 0 Å². The van der Waals surface area contributed by atoms with Crippen LogP contribution in [-0.2, 0) is 11.2 Å². The van der Waals surface area contributed by atoms with Gasteiger partial charge in [-0.3, -0.25) is 4.79 Å². The van der Waals surface area contributed by atoms with Crippen LogP contribution in [0.4, 0.5) is 0 Å². The molecule has 0 amide bonds. The first-order chi connectivity index (χ1) is 8.97. The third-order valence-corrected chi connectivity index (χ3v) is 3.95. The molecule has 0 spiro atoms. The summed E-state index contributed by atoms with van der Waals surface area (Å²) in [6, 6.07) is 0.522. The van der Waals surface area contributed by atoms with E-state index < -0.39 is 0 Å². The second-order valence-electron chi connectivity index (χ2n) is 6.65. The van der Waals surface area contributed by atoms with Crippen molar-refractivity contribution in [3.05, 3.63) is 11.9 Å². The molecule has 1 aliphatic carbocycles. The van der Waals surface area contributed by atoms with Gasteiger partial charge in [0.1, 0.15) is 5.78 Å². The Morgan fingerprint density at radius 2 is 2.00 bits per heavy atom. The molecule has 0 aromatic carbocycles. The van der Waals surface area contributed by atoms with E-state index in [1.165, 1.54) is 32.1 Å². The van der Waals surface area contributed by atoms with Gasteiger partial charge in [0.05, 0.1) is 11.7 Å². The number of carbonyl (C=O) groups excluding carboxylic acids is 1. The van der Waals surface area contributed by atoms with Crippen molar-refractivity contribution in [3.8, 4) is 0 Å². The van der Waals surface area contributed by atoms with Crippen LogP contribution in [0.5, 0.6) is 0 Å². The highest BCUT2D eigenvalue weighted by atomic mass is 16.1. The molecule has 1 aromatic heterocycles. The molecular formula is C15H25N3O. The van der Waals surface area contributed by atoms with Crippen LogP contribution < -0.4 is 0 Å². The summed E-state index contributed by atoms with van der Waals surface area (Å²) in [5.74, 6) is 0.291. The average Bonchev–Trinajstić information content (AvgIpc) is 2.84. The summed E-state index contributed by atoms with van der Waals surface area (Å²) in [5.41, 5.74) is 0.697. The first-order valence-corrected chi connectivity index (χ1v) is 7.41. The average molecular weight is 263 g/mol. The fourth-order valence-corrected chi connectivity index (χ4v) is 2.57. The molecule has 1 fully saturated rings. The zero-order valence-electron chi connectivity index (χ0n) is 12.4. The predicted molar refractivity (Wildman–Crippen MR) is 74.9 cm³/mol. The van der Waals surface area contributed by atoms with Crippen LogP contribution in [0.15, 0.2) is 6.20 Å². The largest absolute Gasteiger partial charge is 0.299 e. The molecule has 0 aliphatic heterocycles. The van der Waals surface area contributed by atoms with Crippen LogP contribution in [0.2, 0.25) is 0 Å². The molecule has 0 N–H and O–H groups in total. The molecule has 1 aliphatic rings. The number of ketones is 1. The third kappa shape index (κ3) is 3.88. The number of aromatic nitrogens is 3. The van der Waals surface area contributed by atoms with Gasteiger partial charge in [-0.1, -0.05) is 45.2 Å². The maximum absolute atomic E-state index is 11.9. The second kappa shape index (κ2) is 5.85. The maximum atomic E-state index is 11.9. The second-order valence-corrected chi connectivity index (χ2v) is 6.65. The van der Waals surface area contributed by atoms with Crippen molar-refractivity contribution in [2.24, 2.45) is 5.41 Å². The van der Waals surface area contributed by atoms with E-state index in [2.05, 4.69) is 10.3 Å². The first-order valence-electron chi connectivity index (χ1n) is 7.41. The molecule has 4 nitrogen and oxygen atoms in total. The molecule has 0 saturated heterocycles. The number of carbonyl (C=O) groups is 1. The van der Waals surface area contributed by atoms with Crippen molar-refractivity contribution in [3.63, 3.8) is 0 Å². The number of hydrogen-bond donors (Lipinski definition) is 0. The molecule has 0 atom stereocenters. The number of nitrogens with zero attached hydrogens (tertiary/aromatic N) is 3. The molecule has 4 heteroatoms. The molecule has 1 heterocycles. The van der Waals surface area contributed by atoms with Crippen LogP contribution in [0.25, 0.3) is 0 Å². The van der Waals surface area contributed by atoms with E-state index >= 15 is 0 Å². The summed E-state index contributed by atoms with van der Waals surface area (Å²) < 4.78 is 2.01. The lowest BCUT2D eigenvalue weighted by atomic mass is 9.88. The van der Waals surface area contributed by atoms with E-state index in [1.54, 1.807) is 0 Å². The Labute approximate surface area is 115 Å². The molecule has 0 radical (unpaired) electrons. The summed E-state index contributed by atoms with van der Waals surface area (Å²) in [4.78, 5) is 11.9. The van der Waals surface area contributed by atoms with Gasteiger partial charge in [0.25, 0.3) is 0 Å². The van der Waals surface area contributed by atoms with Crippen molar-refractivity contribution in [2.75, 3.05) is 0 Å². The molecule has 2 rings (SSSR count). The van der Waals surface area contributed by atoms with E-state index in [-0.39, 0.29) is 5.41 Å². The Hall–Kier alpha value is -1.19. The highest BCUT2D eigenvalue weighted by Gasteiger charge is 2.21. The Balaban J connectivity index is 1.89. The molecule has 19 heavy (non-hydrogen) atoms. The Kier molecular flexibility index (Phi) is 4.38. The smallest absolute Gasteiger partial charge is 0.138 e. The fourth-order valence-electron chi connectivity index (χ4n) is 2.57. The maximum Gasteiger partial charge on any atom is 0.138 e. The monoisotopic (exact) mass is 263 g/mol. The van der Waals surface area contributed by atoms with Gasteiger partial charge >= 0.3 is 0 Å². The molecule has 1 aromatic rings. The van der Waals surface area contributed by atoms with Gasteiger partial charge in [-0.15, -0.1) is 5.10 Å². The summed E-state index contributed by atoms with van der Waals surface area (Å²) in [7, 11) is 0. The van der Waals surface area contributed by atoms with Crippen molar-refractivity contribution < 1.29 is 4.79 Å². The third-order valence-electron chi connectivity index (χ3n) is 3.95. The number of aryl methyl sites for hydroxylation is 1. The number of rotatable bonds is 4. The minimum Gasteiger partial charge on any atom is -0.299 e. The number of Topliss-reactive ketones (excluding diaryl/α,β-unsaturated/α-hetero) is 1. The zero-order valence-corrected chi connectivity index (χ0v) is 12.4. The lowest BCUT2D eigenvalue weighted by Crippen LogP contribution is -2.20. The molecular weight excluding hydrogens is 238 g/mol. The van der Waals surface area contributed by atoms with Crippen LogP contribution in [0, 0.1) is 5.41 Å². The van der Waals surface area contributed by atoms with Gasteiger partial charge in [-0.05, 0) is 12.8 Å². The first kappa shape index (κ1) is 14.2. The van der Waals surface area contributed by atoms with Crippen LogP contribution in [0.3, 0.4) is 0 Å². The Morgan fingerprint density at radius 1 is 1.32 bits per heavy atom. The van der Waals surface area contributed by atoms with Crippen molar-refractivity contribution >= 4 is 5.78 Å². The summed E-state index contributed by atoms with van der Waals surface area (Å²) in [5, 5.41) is 8.44. The van der Waals surface area contributed by atoms with Gasteiger partial charge in [0.2, 0.25) is 0 Å². The molecule has 0 unspecified atom stereocenters. The van der Waals surface area contributed by atoms with Gasteiger partial charge in [-0.2, -0.15) is 0 Å². The lowest BCUT2D eigenvalue weighted by Gasteiger charge is -2.20.